The number of primary amides is 1. The lowest BCUT2D eigenvalue weighted by atomic mass is 9.73. The van der Waals surface area contributed by atoms with Crippen LogP contribution in [0.15, 0.2) is 34.2 Å². The van der Waals surface area contributed by atoms with Crippen LogP contribution in [-0.2, 0) is 4.79 Å². The van der Waals surface area contributed by atoms with Crippen molar-refractivity contribution in [2.24, 2.45) is 28.3 Å². The predicted octanol–water partition coefficient (Wildman–Crippen LogP) is 2.27. The first-order valence-electron chi connectivity index (χ1n) is 9.41. The quantitative estimate of drug-likeness (QED) is 0.723. The molecule has 0 spiro atoms. The van der Waals surface area contributed by atoms with E-state index < -0.39 is 23.2 Å². The Hall–Kier alpha value is -3.34. The van der Waals surface area contributed by atoms with Crippen LogP contribution in [0.3, 0.4) is 0 Å². The van der Waals surface area contributed by atoms with Crippen LogP contribution in [0.2, 0.25) is 0 Å². The van der Waals surface area contributed by atoms with Crippen molar-refractivity contribution in [3.8, 4) is 11.8 Å². The van der Waals surface area contributed by atoms with Crippen LogP contribution in [0, 0.1) is 42.8 Å². The summed E-state index contributed by atoms with van der Waals surface area (Å²) in [6.45, 7) is 4.99. The van der Waals surface area contributed by atoms with Crippen LogP contribution in [0.4, 0.5) is 10.1 Å². The van der Waals surface area contributed by atoms with Crippen molar-refractivity contribution in [2.45, 2.75) is 39.2 Å². The lowest BCUT2D eigenvalue weighted by molar-refractivity contribution is -0.114. The van der Waals surface area contributed by atoms with Gasteiger partial charge in [0.15, 0.2) is 0 Å². The topological polar surface area (TPSA) is 129 Å². The van der Waals surface area contributed by atoms with Crippen LogP contribution < -0.4 is 16.4 Å². The summed E-state index contributed by atoms with van der Waals surface area (Å²) in [7, 11) is 0. The van der Waals surface area contributed by atoms with Gasteiger partial charge in [-0.25, -0.2) is 4.39 Å². The Balaban J connectivity index is 2.05. The fourth-order valence-corrected chi connectivity index (χ4v) is 4.57. The Labute approximate surface area is 167 Å². The minimum absolute atomic E-state index is 0.0231. The molecule has 8 heteroatoms. The molecule has 0 radical (unpaired) electrons. The van der Waals surface area contributed by atoms with Gasteiger partial charge in [-0.3, -0.25) is 9.79 Å². The highest BCUT2D eigenvalue weighted by Crippen LogP contribution is 2.53. The number of aliphatic imine (C=N–C) groups is 1. The SMILES string of the molecule is Cc1c(O)cc(F)c(C)c1N1C(N)=C(C(N)=O)C2=CN=C(C3CC3)C(C#N)C21C. The molecule has 29 heavy (non-hydrogen) atoms. The minimum atomic E-state index is -1.11. The molecule has 1 amide bonds. The number of anilines is 1. The second kappa shape index (κ2) is 6.08. The highest BCUT2D eigenvalue weighted by Gasteiger charge is 2.57. The molecule has 1 saturated carbocycles. The standard InChI is InChI=1S/C21H22FN5O2/c1-9-14(22)6-15(28)10(2)18(9)27-19(24)16(20(25)29)13-8-26-17(11-4-5-11)12(7-23)21(13,27)3/h6,8,11-12,28H,4-5,24H2,1-3H3,(H2,25,29). The van der Waals surface area contributed by atoms with Gasteiger partial charge in [0.2, 0.25) is 0 Å². The first-order chi connectivity index (χ1) is 13.6. The largest absolute Gasteiger partial charge is 0.507 e. The van der Waals surface area contributed by atoms with Gasteiger partial charge >= 0.3 is 0 Å². The number of phenolic OH excluding ortho intramolecular Hbond substituents is 1. The summed E-state index contributed by atoms with van der Waals surface area (Å²) in [5.41, 5.74) is 13.1. The molecule has 150 valence electrons. The number of aromatic hydroxyl groups is 1. The number of phenols is 1. The van der Waals surface area contributed by atoms with E-state index in [-0.39, 0.29) is 28.6 Å². The molecule has 2 atom stereocenters. The maximum atomic E-state index is 14.6. The van der Waals surface area contributed by atoms with Gasteiger partial charge in [-0.05, 0) is 39.5 Å². The van der Waals surface area contributed by atoms with Crippen molar-refractivity contribution in [1.29, 1.82) is 5.26 Å². The lowest BCUT2D eigenvalue weighted by Gasteiger charge is -2.44. The van der Waals surface area contributed by atoms with Crippen molar-refractivity contribution < 1.29 is 14.3 Å². The monoisotopic (exact) mass is 395 g/mol. The number of carbonyl (C=O) groups excluding carboxylic acids is 1. The number of halogens is 1. The highest BCUT2D eigenvalue weighted by atomic mass is 19.1. The summed E-state index contributed by atoms with van der Waals surface area (Å²) in [5, 5.41) is 20.4. The molecule has 0 aromatic heterocycles. The molecule has 0 saturated heterocycles. The molecule has 1 aromatic rings. The average molecular weight is 395 g/mol. The van der Waals surface area contributed by atoms with Crippen LogP contribution in [0.1, 0.15) is 30.9 Å². The van der Waals surface area contributed by atoms with Gasteiger partial charge in [0.05, 0.1) is 22.9 Å². The van der Waals surface area contributed by atoms with E-state index in [9.17, 15) is 19.6 Å². The van der Waals surface area contributed by atoms with Crippen LogP contribution in [-0.4, -0.2) is 22.3 Å². The Morgan fingerprint density at radius 3 is 2.62 bits per heavy atom. The number of hydrogen-bond acceptors (Lipinski definition) is 6. The molecule has 1 fully saturated rings. The van der Waals surface area contributed by atoms with Crippen molar-refractivity contribution >= 4 is 17.3 Å². The van der Waals surface area contributed by atoms with Gasteiger partial charge in [-0.1, -0.05) is 0 Å². The molecular formula is C21H22FN5O2. The van der Waals surface area contributed by atoms with Gasteiger partial charge in [0, 0.05) is 34.7 Å². The number of rotatable bonds is 3. The minimum Gasteiger partial charge on any atom is -0.507 e. The molecule has 3 aliphatic rings. The molecule has 5 N–H and O–H groups in total. The zero-order valence-corrected chi connectivity index (χ0v) is 16.5. The zero-order chi connectivity index (χ0) is 21.2. The first kappa shape index (κ1) is 19.0. The third-order valence-electron chi connectivity index (χ3n) is 6.29. The summed E-state index contributed by atoms with van der Waals surface area (Å²) in [6.07, 6.45) is 3.44. The van der Waals surface area contributed by atoms with Gasteiger partial charge < -0.3 is 21.5 Å². The average Bonchev–Trinajstić information content (AvgIpc) is 3.46. The lowest BCUT2D eigenvalue weighted by Crippen LogP contribution is -2.54. The molecule has 7 nitrogen and oxygen atoms in total. The molecule has 2 unspecified atom stereocenters. The predicted molar refractivity (Wildman–Crippen MR) is 106 cm³/mol. The van der Waals surface area contributed by atoms with E-state index in [2.05, 4.69) is 11.1 Å². The van der Waals surface area contributed by atoms with Gasteiger partial charge in [-0.15, -0.1) is 0 Å². The molecule has 0 bridgehead atoms. The number of hydrogen-bond donors (Lipinski definition) is 3. The normalized spacial score (nSPS) is 26.0. The maximum Gasteiger partial charge on any atom is 0.252 e. The summed E-state index contributed by atoms with van der Waals surface area (Å²) in [6, 6.07) is 3.37. The van der Waals surface area contributed by atoms with Crippen LogP contribution >= 0.6 is 0 Å². The number of amides is 1. The molecular weight excluding hydrogens is 373 g/mol. The number of fused-ring (bicyclic) bond motifs is 1. The number of nitrogens with two attached hydrogens (primary N) is 2. The van der Waals surface area contributed by atoms with Crippen molar-refractivity contribution in [3.05, 3.63) is 46.2 Å². The molecule has 2 aliphatic heterocycles. The van der Waals surface area contributed by atoms with Gasteiger partial charge in [0.25, 0.3) is 5.91 Å². The zero-order valence-electron chi connectivity index (χ0n) is 16.5. The Kier molecular flexibility index (Phi) is 3.98. The third-order valence-corrected chi connectivity index (χ3v) is 6.29. The van der Waals surface area contributed by atoms with E-state index in [1.54, 1.807) is 31.9 Å². The van der Waals surface area contributed by atoms with Gasteiger partial charge in [-0.2, -0.15) is 5.26 Å². The van der Waals surface area contributed by atoms with Crippen molar-refractivity contribution in [1.82, 2.24) is 0 Å². The van der Waals surface area contributed by atoms with Gasteiger partial charge in [0.1, 0.15) is 23.3 Å². The number of nitrogens with zero attached hydrogens (tertiary/aromatic N) is 3. The summed E-state index contributed by atoms with van der Waals surface area (Å²) in [4.78, 5) is 18.3. The van der Waals surface area contributed by atoms with E-state index in [1.165, 1.54) is 0 Å². The van der Waals surface area contributed by atoms with Crippen LogP contribution in [0.25, 0.3) is 0 Å². The Bertz CT molecular complexity index is 1070. The van der Waals surface area contributed by atoms with E-state index in [4.69, 9.17) is 11.5 Å². The number of nitriles is 1. The van der Waals surface area contributed by atoms with E-state index >= 15 is 0 Å². The smallest absolute Gasteiger partial charge is 0.252 e. The molecule has 1 aliphatic carbocycles. The Morgan fingerprint density at radius 1 is 1.41 bits per heavy atom. The molecule has 2 heterocycles. The highest BCUT2D eigenvalue weighted by molar-refractivity contribution is 6.05. The third kappa shape index (κ3) is 2.40. The Morgan fingerprint density at radius 2 is 2.07 bits per heavy atom. The second-order valence-corrected chi connectivity index (χ2v) is 8.02. The summed E-state index contributed by atoms with van der Waals surface area (Å²) >= 11 is 0. The first-order valence-corrected chi connectivity index (χ1v) is 9.41. The maximum absolute atomic E-state index is 14.6. The number of carbonyl (C=O) groups is 1. The fraction of sp³-hybridized carbons (Fsp3) is 0.381. The van der Waals surface area contributed by atoms with E-state index in [0.717, 1.165) is 24.6 Å². The summed E-state index contributed by atoms with van der Waals surface area (Å²) < 4.78 is 14.6. The molecule has 1 aromatic carbocycles. The van der Waals surface area contributed by atoms with Crippen LogP contribution in [0.5, 0.6) is 5.75 Å². The van der Waals surface area contributed by atoms with Crippen molar-refractivity contribution in [3.63, 3.8) is 0 Å². The molecule has 4 rings (SSSR count). The summed E-state index contributed by atoms with van der Waals surface area (Å²) in [5.74, 6) is -2.08. The number of benzene rings is 1. The van der Waals surface area contributed by atoms with E-state index in [0.29, 0.717) is 16.8 Å². The fourth-order valence-electron chi connectivity index (χ4n) is 4.57. The van der Waals surface area contributed by atoms with Crippen molar-refractivity contribution in [2.75, 3.05) is 4.90 Å². The van der Waals surface area contributed by atoms with E-state index in [1.807, 2.05) is 0 Å². The second-order valence-electron chi connectivity index (χ2n) is 8.02.